The quantitative estimate of drug-likeness (QED) is 0.488. The van der Waals surface area contributed by atoms with E-state index in [2.05, 4.69) is 15.9 Å². The number of rotatable bonds is 3. The van der Waals surface area contributed by atoms with Crippen molar-refractivity contribution >= 4 is 21.6 Å². The molecule has 1 aromatic rings. The van der Waals surface area contributed by atoms with Crippen LogP contribution in [0.4, 0.5) is 5.69 Å². The molecule has 0 fully saturated rings. The number of hydrogen-bond donors (Lipinski definition) is 0. The van der Waals surface area contributed by atoms with Crippen LogP contribution in [0.3, 0.4) is 0 Å². The molecule has 0 saturated heterocycles. The summed E-state index contributed by atoms with van der Waals surface area (Å²) in [5.74, 6) is 1.05. The van der Waals surface area contributed by atoms with Gasteiger partial charge >= 0.3 is 0 Å². The fraction of sp³-hybridized carbons (Fsp3) is 0.500. The third-order valence-electron chi connectivity index (χ3n) is 3.07. The Morgan fingerprint density at radius 1 is 1.28 bits per heavy atom. The predicted molar refractivity (Wildman–Crippen MR) is 70.9 cm³/mol. The Labute approximate surface area is 113 Å². The first-order valence-electron chi connectivity index (χ1n) is 5.72. The summed E-state index contributed by atoms with van der Waals surface area (Å²) in [6.45, 7) is 4.80. The van der Waals surface area contributed by atoms with Gasteiger partial charge in [-0.2, -0.15) is 0 Å². The number of nitro groups is 1. The molecule has 6 heteroatoms. The monoisotopic (exact) mass is 315 g/mol. The molecule has 98 valence electrons. The summed E-state index contributed by atoms with van der Waals surface area (Å²) in [5.41, 5.74) is 0.742. The van der Waals surface area contributed by atoms with Crippen LogP contribution in [-0.4, -0.2) is 23.0 Å². The standard InChI is InChI=1S/C12H14BrNO4/c1-7(8(2)13)9-5-11-12(18-4-3-17-11)6-10(9)14(15)16/h5-8H,3-4H2,1-2H3. The normalized spacial score (nSPS) is 17.1. The highest BCUT2D eigenvalue weighted by molar-refractivity contribution is 9.09. The summed E-state index contributed by atoms with van der Waals surface area (Å²) >= 11 is 3.46. The van der Waals surface area contributed by atoms with Gasteiger partial charge in [-0.3, -0.25) is 10.1 Å². The van der Waals surface area contributed by atoms with Gasteiger partial charge in [0.05, 0.1) is 11.0 Å². The fourth-order valence-electron chi connectivity index (χ4n) is 1.86. The van der Waals surface area contributed by atoms with Crippen LogP contribution in [0.5, 0.6) is 11.5 Å². The van der Waals surface area contributed by atoms with Gasteiger partial charge in [0, 0.05) is 16.3 Å². The average molecular weight is 316 g/mol. The van der Waals surface area contributed by atoms with Crippen LogP contribution < -0.4 is 9.47 Å². The lowest BCUT2D eigenvalue weighted by molar-refractivity contribution is -0.385. The number of halogens is 1. The molecular formula is C12H14BrNO4. The molecule has 0 aliphatic carbocycles. The maximum atomic E-state index is 11.1. The van der Waals surface area contributed by atoms with E-state index in [1.54, 1.807) is 6.07 Å². The molecule has 2 atom stereocenters. The first-order valence-corrected chi connectivity index (χ1v) is 6.64. The Balaban J connectivity index is 2.52. The van der Waals surface area contributed by atoms with Gasteiger partial charge in [-0.25, -0.2) is 0 Å². The van der Waals surface area contributed by atoms with Gasteiger partial charge in [0.1, 0.15) is 13.2 Å². The van der Waals surface area contributed by atoms with Crippen LogP contribution in [0.25, 0.3) is 0 Å². The van der Waals surface area contributed by atoms with Crippen molar-refractivity contribution in [1.82, 2.24) is 0 Å². The lowest BCUT2D eigenvalue weighted by Gasteiger charge is -2.21. The van der Waals surface area contributed by atoms with Gasteiger partial charge in [-0.05, 0) is 6.07 Å². The minimum absolute atomic E-state index is 0.0150. The van der Waals surface area contributed by atoms with Gasteiger partial charge in [-0.1, -0.05) is 29.8 Å². The summed E-state index contributed by atoms with van der Waals surface area (Å²) < 4.78 is 10.8. The Morgan fingerprint density at radius 2 is 1.83 bits per heavy atom. The maximum absolute atomic E-state index is 11.1. The molecule has 2 rings (SSSR count). The minimum Gasteiger partial charge on any atom is -0.486 e. The largest absolute Gasteiger partial charge is 0.486 e. The molecular weight excluding hydrogens is 302 g/mol. The van der Waals surface area contributed by atoms with Crippen molar-refractivity contribution < 1.29 is 14.4 Å². The SMILES string of the molecule is CC(Br)C(C)c1cc2c(cc1[N+](=O)[O-])OCCO2. The van der Waals surface area contributed by atoms with E-state index >= 15 is 0 Å². The van der Waals surface area contributed by atoms with Crippen molar-refractivity contribution in [3.05, 3.63) is 27.8 Å². The number of nitrogens with zero attached hydrogens (tertiary/aromatic N) is 1. The van der Waals surface area contributed by atoms with E-state index in [4.69, 9.17) is 9.47 Å². The van der Waals surface area contributed by atoms with Crippen LogP contribution >= 0.6 is 15.9 Å². The van der Waals surface area contributed by atoms with Gasteiger partial charge < -0.3 is 9.47 Å². The molecule has 0 amide bonds. The number of hydrogen-bond acceptors (Lipinski definition) is 4. The number of benzene rings is 1. The second-order valence-corrected chi connectivity index (χ2v) is 5.72. The molecule has 0 N–H and O–H groups in total. The highest BCUT2D eigenvalue weighted by Crippen LogP contribution is 2.41. The molecule has 0 saturated carbocycles. The van der Waals surface area contributed by atoms with Gasteiger partial charge in [-0.15, -0.1) is 0 Å². The number of fused-ring (bicyclic) bond motifs is 1. The van der Waals surface area contributed by atoms with E-state index in [1.807, 2.05) is 13.8 Å². The first kappa shape index (κ1) is 13.1. The summed E-state index contributed by atoms with van der Waals surface area (Å²) in [6.07, 6.45) is 0. The molecule has 1 aliphatic heterocycles. The molecule has 0 radical (unpaired) electrons. The first-order chi connectivity index (χ1) is 8.50. The van der Waals surface area contributed by atoms with Crippen molar-refractivity contribution in [3.8, 4) is 11.5 Å². The Kier molecular flexibility index (Phi) is 3.75. The fourth-order valence-corrected chi connectivity index (χ4v) is 2.15. The zero-order valence-corrected chi connectivity index (χ0v) is 11.8. The summed E-state index contributed by atoms with van der Waals surface area (Å²) in [6, 6.07) is 3.17. The number of ether oxygens (including phenoxy) is 2. The number of nitro benzene ring substituents is 1. The number of alkyl halides is 1. The summed E-state index contributed by atoms with van der Waals surface area (Å²) in [5, 5.41) is 11.1. The highest BCUT2D eigenvalue weighted by Gasteiger charge is 2.26. The van der Waals surface area contributed by atoms with Crippen LogP contribution in [0.2, 0.25) is 0 Å². The van der Waals surface area contributed by atoms with Crippen molar-refractivity contribution in [3.63, 3.8) is 0 Å². The second kappa shape index (κ2) is 5.14. The van der Waals surface area contributed by atoms with Crippen LogP contribution in [0.1, 0.15) is 25.3 Å². The molecule has 0 bridgehead atoms. The second-order valence-electron chi connectivity index (χ2n) is 4.28. The predicted octanol–water partition coefficient (Wildman–Crippen LogP) is 3.25. The third-order valence-corrected chi connectivity index (χ3v) is 3.86. The zero-order valence-electron chi connectivity index (χ0n) is 10.2. The molecule has 18 heavy (non-hydrogen) atoms. The van der Waals surface area contributed by atoms with Crippen molar-refractivity contribution in [2.24, 2.45) is 0 Å². The smallest absolute Gasteiger partial charge is 0.276 e. The van der Waals surface area contributed by atoms with Gasteiger partial charge in [0.2, 0.25) is 0 Å². The zero-order chi connectivity index (χ0) is 13.3. The van der Waals surface area contributed by atoms with E-state index in [9.17, 15) is 10.1 Å². The van der Waals surface area contributed by atoms with E-state index in [1.165, 1.54) is 6.07 Å². The molecule has 1 aromatic carbocycles. The van der Waals surface area contributed by atoms with Crippen molar-refractivity contribution in [2.45, 2.75) is 24.6 Å². The molecule has 0 spiro atoms. The third kappa shape index (κ3) is 2.43. The van der Waals surface area contributed by atoms with Crippen LogP contribution in [-0.2, 0) is 0 Å². The van der Waals surface area contributed by atoms with E-state index in [0.29, 0.717) is 30.3 Å². The Bertz CT molecular complexity index is 475. The van der Waals surface area contributed by atoms with Crippen molar-refractivity contribution in [2.75, 3.05) is 13.2 Å². The summed E-state index contributed by atoms with van der Waals surface area (Å²) in [7, 11) is 0. The van der Waals surface area contributed by atoms with Gasteiger partial charge in [0.15, 0.2) is 11.5 Å². The Morgan fingerprint density at radius 3 is 2.33 bits per heavy atom. The van der Waals surface area contributed by atoms with Crippen molar-refractivity contribution in [1.29, 1.82) is 0 Å². The minimum atomic E-state index is -0.376. The van der Waals surface area contributed by atoms with Gasteiger partial charge in [0.25, 0.3) is 5.69 Å². The molecule has 1 aliphatic rings. The van der Waals surface area contributed by atoms with E-state index in [0.717, 1.165) is 0 Å². The van der Waals surface area contributed by atoms with Crippen LogP contribution in [0.15, 0.2) is 12.1 Å². The maximum Gasteiger partial charge on any atom is 0.276 e. The van der Waals surface area contributed by atoms with Crippen LogP contribution in [0, 0.1) is 10.1 Å². The molecule has 0 aromatic heterocycles. The Hall–Kier alpha value is -1.30. The van der Waals surface area contributed by atoms with E-state index in [-0.39, 0.29) is 21.4 Å². The lowest BCUT2D eigenvalue weighted by Crippen LogP contribution is -2.17. The molecule has 5 nitrogen and oxygen atoms in total. The van der Waals surface area contributed by atoms with E-state index < -0.39 is 0 Å². The molecule has 1 heterocycles. The summed E-state index contributed by atoms with van der Waals surface area (Å²) in [4.78, 5) is 10.9. The molecule has 2 unspecified atom stereocenters. The lowest BCUT2D eigenvalue weighted by atomic mass is 9.96. The highest BCUT2D eigenvalue weighted by atomic mass is 79.9. The average Bonchev–Trinajstić information content (AvgIpc) is 2.36. The topological polar surface area (TPSA) is 61.6 Å².